The highest BCUT2D eigenvalue weighted by Crippen LogP contribution is 2.30. The largest absolute Gasteiger partial charge is 0.379 e. The zero-order chi connectivity index (χ0) is 17.5. The van der Waals surface area contributed by atoms with Gasteiger partial charge in [0, 0.05) is 38.9 Å². The number of ether oxygens (including phenoxy) is 3. The lowest BCUT2D eigenvalue weighted by Crippen LogP contribution is -2.50. The van der Waals surface area contributed by atoms with Gasteiger partial charge in [0.15, 0.2) is 0 Å². The van der Waals surface area contributed by atoms with E-state index in [1.165, 1.54) is 0 Å². The van der Waals surface area contributed by atoms with Crippen molar-refractivity contribution in [3.05, 3.63) is 0 Å². The number of hydrazone groups is 1. The molecule has 2 atom stereocenters. The van der Waals surface area contributed by atoms with Gasteiger partial charge in [0.1, 0.15) is 6.10 Å². The summed E-state index contributed by atoms with van der Waals surface area (Å²) in [7, 11) is 4.93. The average molecular weight is 341 g/mol. The van der Waals surface area contributed by atoms with Gasteiger partial charge in [-0.25, -0.2) is 5.43 Å². The molecule has 0 aromatic rings. The van der Waals surface area contributed by atoms with Gasteiger partial charge in [0.05, 0.1) is 12.2 Å². The molecule has 2 N–H and O–H groups in total. The van der Waals surface area contributed by atoms with Crippen LogP contribution < -0.4 is 10.7 Å². The second kappa shape index (κ2) is 9.46. The van der Waals surface area contributed by atoms with Crippen LogP contribution in [0.5, 0.6) is 0 Å². The van der Waals surface area contributed by atoms with Gasteiger partial charge in [0.2, 0.25) is 5.91 Å². The third-order valence-electron chi connectivity index (χ3n) is 5.29. The van der Waals surface area contributed by atoms with Crippen LogP contribution in [0.25, 0.3) is 0 Å². The maximum atomic E-state index is 12.5. The fourth-order valence-electron chi connectivity index (χ4n) is 3.71. The van der Waals surface area contributed by atoms with Crippen LogP contribution in [-0.2, 0) is 19.0 Å². The van der Waals surface area contributed by atoms with Crippen molar-refractivity contribution < 1.29 is 19.0 Å². The monoisotopic (exact) mass is 341 g/mol. The molecular formula is C17H31N3O4. The van der Waals surface area contributed by atoms with Crippen LogP contribution in [0, 0.1) is 11.8 Å². The Morgan fingerprint density at radius 2 is 1.58 bits per heavy atom. The predicted molar refractivity (Wildman–Crippen MR) is 92.0 cm³/mol. The van der Waals surface area contributed by atoms with Crippen LogP contribution in [0.2, 0.25) is 0 Å². The van der Waals surface area contributed by atoms with E-state index in [4.69, 9.17) is 14.2 Å². The van der Waals surface area contributed by atoms with E-state index in [0.717, 1.165) is 31.6 Å². The molecule has 1 aliphatic heterocycles. The van der Waals surface area contributed by atoms with Crippen molar-refractivity contribution in [2.45, 2.75) is 50.9 Å². The lowest BCUT2D eigenvalue weighted by atomic mass is 9.82. The van der Waals surface area contributed by atoms with Crippen LogP contribution in [-0.4, -0.2) is 64.3 Å². The van der Waals surface area contributed by atoms with Crippen molar-refractivity contribution in [2.75, 3.05) is 34.4 Å². The van der Waals surface area contributed by atoms with E-state index in [-0.39, 0.29) is 30.1 Å². The first-order valence-electron chi connectivity index (χ1n) is 8.73. The van der Waals surface area contributed by atoms with Crippen LogP contribution in [0.1, 0.15) is 32.6 Å². The van der Waals surface area contributed by atoms with Gasteiger partial charge in [-0.15, -0.1) is 0 Å². The zero-order valence-electron chi connectivity index (χ0n) is 15.2. The number of hydrogen-bond acceptors (Lipinski definition) is 6. The Morgan fingerprint density at radius 3 is 2.08 bits per heavy atom. The van der Waals surface area contributed by atoms with Crippen molar-refractivity contribution in [1.82, 2.24) is 10.7 Å². The number of methoxy groups -OCH3 is 3. The van der Waals surface area contributed by atoms with E-state index in [1.54, 1.807) is 21.3 Å². The maximum Gasteiger partial charge on any atom is 0.243 e. The van der Waals surface area contributed by atoms with Crippen LogP contribution in [0.15, 0.2) is 5.10 Å². The van der Waals surface area contributed by atoms with E-state index in [0.29, 0.717) is 18.8 Å². The Bertz CT molecular complexity index is 424. The predicted octanol–water partition coefficient (Wildman–Crippen LogP) is 0.933. The molecule has 0 spiro atoms. The summed E-state index contributed by atoms with van der Waals surface area (Å²) in [5.74, 6) is 0.201. The summed E-state index contributed by atoms with van der Waals surface area (Å²) in [6.45, 7) is 4.02. The van der Waals surface area contributed by atoms with Crippen LogP contribution in [0.3, 0.4) is 0 Å². The maximum absolute atomic E-state index is 12.5. The number of piperidine rings is 1. The number of nitrogens with zero attached hydrogens (tertiary/aromatic N) is 1. The molecule has 1 amide bonds. The number of rotatable bonds is 6. The molecule has 2 rings (SSSR count). The summed E-state index contributed by atoms with van der Waals surface area (Å²) < 4.78 is 16.5. The van der Waals surface area contributed by atoms with Gasteiger partial charge in [-0.1, -0.05) is 0 Å². The molecule has 2 fully saturated rings. The third-order valence-corrected chi connectivity index (χ3v) is 5.29. The highest BCUT2D eigenvalue weighted by Gasteiger charge is 2.41. The summed E-state index contributed by atoms with van der Waals surface area (Å²) in [5, 5.41) is 7.68. The number of hydrogen-bond donors (Lipinski definition) is 2. The first-order chi connectivity index (χ1) is 11.6. The zero-order valence-corrected chi connectivity index (χ0v) is 15.2. The normalized spacial score (nSPS) is 32.6. The van der Waals surface area contributed by atoms with Crippen molar-refractivity contribution in [3.8, 4) is 0 Å². The van der Waals surface area contributed by atoms with Gasteiger partial charge in [0.25, 0.3) is 0 Å². The second-order valence-corrected chi connectivity index (χ2v) is 6.67. The van der Waals surface area contributed by atoms with Gasteiger partial charge in [-0.3, -0.25) is 4.79 Å². The van der Waals surface area contributed by atoms with Crippen molar-refractivity contribution >= 4 is 11.6 Å². The summed E-state index contributed by atoms with van der Waals surface area (Å²) in [4.78, 5) is 12.5. The standard InChI is InChI=1S/C17H31N3O4/c1-11(12-5-7-18-8-6-12)19-20-17(21)13-9-14(22-2)16(24-4)15(10-13)23-3/h12-16,18H,5-10H2,1-4H3,(H,20,21)/b19-11+. The lowest BCUT2D eigenvalue weighted by molar-refractivity contribution is -0.152. The van der Waals surface area contributed by atoms with Gasteiger partial charge in [-0.05, 0) is 45.7 Å². The number of amides is 1. The number of carbonyl (C=O) groups excluding carboxylic acids is 1. The molecule has 1 saturated carbocycles. The molecule has 1 saturated heterocycles. The van der Waals surface area contributed by atoms with E-state index < -0.39 is 0 Å². The molecule has 1 heterocycles. The Kier molecular flexibility index (Phi) is 7.61. The summed E-state index contributed by atoms with van der Waals surface area (Å²) in [6, 6.07) is 0. The van der Waals surface area contributed by atoms with E-state index in [1.807, 2.05) is 6.92 Å². The Labute approximate surface area is 144 Å². The third kappa shape index (κ3) is 4.75. The molecule has 0 aromatic heterocycles. The summed E-state index contributed by atoms with van der Waals surface area (Å²) in [6.07, 6.45) is 2.91. The molecule has 2 unspecified atom stereocenters. The molecular weight excluding hydrogens is 310 g/mol. The van der Waals surface area contributed by atoms with Crippen molar-refractivity contribution in [3.63, 3.8) is 0 Å². The minimum absolute atomic E-state index is 0.0677. The minimum atomic E-state index is -0.184. The van der Waals surface area contributed by atoms with Gasteiger partial charge >= 0.3 is 0 Å². The van der Waals surface area contributed by atoms with Crippen LogP contribution >= 0.6 is 0 Å². The molecule has 0 radical (unpaired) electrons. The highest BCUT2D eigenvalue weighted by molar-refractivity contribution is 5.87. The highest BCUT2D eigenvalue weighted by atomic mass is 16.6. The molecule has 1 aliphatic carbocycles. The Morgan fingerprint density at radius 1 is 1.00 bits per heavy atom. The molecule has 7 nitrogen and oxygen atoms in total. The van der Waals surface area contributed by atoms with E-state index >= 15 is 0 Å². The van der Waals surface area contributed by atoms with E-state index in [2.05, 4.69) is 15.8 Å². The second-order valence-electron chi connectivity index (χ2n) is 6.67. The first kappa shape index (κ1) is 19.3. The molecule has 0 bridgehead atoms. The molecule has 2 aliphatic rings. The summed E-state index contributed by atoms with van der Waals surface area (Å²) in [5.41, 5.74) is 3.75. The first-order valence-corrected chi connectivity index (χ1v) is 8.73. The quantitative estimate of drug-likeness (QED) is 0.555. The molecule has 138 valence electrons. The smallest absolute Gasteiger partial charge is 0.243 e. The number of nitrogens with one attached hydrogen (secondary N) is 2. The molecule has 7 heteroatoms. The molecule has 24 heavy (non-hydrogen) atoms. The summed E-state index contributed by atoms with van der Waals surface area (Å²) >= 11 is 0. The van der Waals surface area contributed by atoms with Crippen molar-refractivity contribution in [2.24, 2.45) is 16.9 Å². The number of carbonyl (C=O) groups is 1. The average Bonchev–Trinajstić information content (AvgIpc) is 2.65. The fourth-order valence-corrected chi connectivity index (χ4v) is 3.71. The SMILES string of the molecule is COC1CC(C(=O)N/N=C(\C)C2CCNCC2)CC(OC)C1OC. The van der Waals surface area contributed by atoms with Gasteiger partial charge < -0.3 is 19.5 Å². The van der Waals surface area contributed by atoms with Gasteiger partial charge in [-0.2, -0.15) is 5.10 Å². The minimum Gasteiger partial charge on any atom is -0.379 e. The topological polar surface area (TPSA) is 81.2 Å². The van der Waals surface area contributed by atoms with E-state index in [9.17, 15) is 4.79 Å². The van der Waals surface area contributed by atoms with Crippen LogP contribution in [0.4, 0.5) is 0 Å². The Hall–Kier alpha value is -1.02. The molecule has 0 aromatic carbocycles. The van der Waals surface area contributed by atoms with Crippen molar-refractivity contribution in [1.29, 1.82) is 0 Å². The fraction of sp³-hybridized carbons (Fsp3) is 0.882. The Balaban J connectivity index is 1.93. The lowest BCUT2D eigenvalue weighted by Gasteiger charge is -2.38.